The molecule has 0 atom stereocenters. The van der Waals surface area contributed by atoms with Crippen LogP contribution in [0, 0.1) is 12.7 Å². The van der Waals surface area contributed by atoms with Gasteiger partial charge >= 0.3 is 0 Å². The Bertz CT molecular complexity index is 612. The molecule has 2 heterocycles. The third-order valence-electron chi connectivity index (χ3n) is 3.19. The molecule has 1 aliphatic heterocycles. The molecule has 0 spiro atoms. The summed E-state index contributed by atoms with van der Waals surface area (Å²) in [6.45, 7) is 2.87. The third-order valence-corrected chi connectivity index (χ3v) is 3.62. The maximum absolute atomic E-state index is 13.5. The van der Waals surface area contributed by atoms with Gasteiger partial charge in [-0.15, -0.1) is 0 Å². The van der Waals surface area contributed by atoms with E-state index in [0.717, 1.165) is 23.1 Å². The van der Waals surface area contributed by atoms with E-state index in [1.54, 1.807) is 13.0 Å². The van der Waals surface area contributed by atoms with Gasteiger partial charge in [-0.05, 0) is 19.1 Å². The van der Waals surface area contributed by atoms with Crippen molar-refractivity contribution in [2.75, 3.05) is 6.61 Å². The number of aryl methyl sites for hydroxylation is 1. The van der Waals surface area contributed by atoms with Crippen molar-refractivity contribution < 1.29 is 9.13 Å². The summed E-state index contributed by atoms with van der Waals surface area (Å²) in [5.41, 5.74) is 3.09. The zero-order valence-corrected chi connectivity index (χ0v) is 10.1. The van der Waals surface area contributed by atoms with Gasteiger partial charge in [-0.3, -0.25) is 4.98 Å². The van der Waals surface area contributed by atoms with Gasteiger partial charge in [0.2, 0.25) is 0 Å². The Hall–Kier alpha value is -1.19. The maximum atomic E-state index is 13.5. The lowest BCUT2D eigenvalue weighted by Crippen LogP contribution is -2.13. The number of benzene rings is 1. The van der Waals surface area contributed by atoms with Gasteiger partial charge in [-0.25, -0.2) is 4.39 Å². The van der Waals surface area contributed by atoms with Crippen LogP contribution in [0.3, 0.4) is 0 Å². The number of hydrogen-bond acceptors (Lipinski definition) is 2. The molecule has 1 aromatic heterocycles. The van der Waals surface area contributed by atoms with Gasteiger partial charge in [-0.1, -0.05) is 11.6 Å². The van der Waals surface area contributed by atoms with Crippen molar-refractivity contribution in [3.05, 3.63) is 39.8 Å². The molecule has 1 aromatic carbocycles. The van der Waals surface area contributed by atoms with E-state index in [2.05, 4.69) is 4.98 Å². The molecule has 1 aliphatic rings. The van der Waals surface area contributed by atoms with E-state index in [9.17, 15) is 4.39 Å². The van der Waals surface area contributed by atoms with Crippen LogP contribution in [0.5, 0.6) is 0 Å². The van der Waals surface area contributed by atoms with Crippen molar-refractivity contribution in [3.63, 3.8) is 0 Å². The second-order valence-electron chi connectivity index (χ2n) is 4.22. The fourth-order valence-corrected chi connectivity index (χ4v) is 2.50. The number of aromatic nitrogens is 1. The van der Waals surface area contributed by atoms with E-state index in [4.69, 9.17) is 16.3 Å². The van der Waals surface area contributed by atoms with Gasteiger partial charge in [0.1, 0.15) is 5.82 Å². The number of halogens is 2. The summed E-state index contributed by atoms with van der Waals surface area (Å²) in [6, 6.07) is 3.11. The number of fused-ring (bicyclic) bond motifs is 2. The standard InChI is InChI=1S/C13H11ClFNO/c1-7-10(15)3-2-8-12(14)9-6-17-5-4-11(9)16-13(7)8/h2-3H,4-6H2,1H3. The Kier molecular flexibility index (Phi) is 2.53. The predicted octanol–water partition coefficient (Wildman–Crippen LogP) is 3.41. The molecule has 0 unspecified atom stereocenters. The van der Waals surface area contributed by atoms with Gasteiger partial charge in [-0.2, -0.15) is 0 Å². The van der Waals surface area contributed by atoms with Crippen molar-refractivity contribution >= 4 is 22.5 Å². The Balaban J connectivity index is 2.40. The highest BCUT2D eigenvalue weighted by molar-refractivity contribution is 6.36. The molecule has 4 heteroatoms. The number of ether oxygens (including phenoxy) is 1. The van der Waals surface area contributed by atoms with Crippen LogP contribution in [0.15, 0.2) is 12.1 Å². The average molecular weight is 252 g/mol. The second-order valence-corrected chi connectivity index (χ2v) is 4.60. The smallest absolute Gasteiger partial charge is 0.128 e. The summed E-state index contributed by atoms with van der Waals surface area (Å²) < 4.78 is 18.9. The van der Waals surface area contributed by atoms with Crippen LogP contribution in [-0.4, -0.2) is 11.6 Å². The van der Waals surface area contributed by atoms with Crippen LogP contribution in [0.1, 0.15) is 16.8 Å². The molecule has 17 heavy (non-hydrogen) atoms. The lowest BCUT2D eigenvalue weighted by Gasteiger charge is -2.18. The first-order chi connectivity index (χ1) is 8.18. The first-order valence-corrected chi connectivity index (χ1v) is 5.90. The van der Waals surface area contributed by atoms with E-state index in [0.29, 0.717) is 29.3 Å². The fourth-order valence-electron chi connectivity index (χ4n) is 2.18. The lowest BCUT2D eigenvalue weighted by molar-refractivity contribution is 0.109. The third kappa shape index (κ3) is 1.61. The van der Waals surface area contributed by atoms with E-state index < -0.39 is 0 Å². The molecule has 0 amide bonds. The quantitative estimate of drug-likeness (QED) is 0.716. The first-order valence-electron chi connectivity index (χ1n) is 5.52. The number of hydrogen-bond donors (Lipinski definition) is 0. The zero-order chi connectivity index (χ0) is 12.0. The highest BCUT2D eigenvalue weighted by atomic mass is 35.5. The Morgan fingerprint density at radius 3 is 3.06 bits per heavy atom. The fraction of sp³-hybridized carbons (Fsp3) is 0.308. The van der Waals surface area contributed by atoms with Crippen molar-refractivity contribution in [2.45, 2.75) is 20.0 Å². The van der Waals surface area contributed by atoms with Crippen molar-refractivity contribution in [3.8, 4) is 0 Å². The molecule has 0 fully saturated rings. The second kappa shape index (κ2) is 3.93. The normalized spacial score (nSPS) is 15.0. The predicted molar refractivity (Wildman–Crippen MR) is 64.8 cm³/mol. The average Bonchev–Trinajstić information content (AvgIpc) is 2.35. The first kappa shape index (κ1) is 10.9. The molecule has 88 valence electrons. The Labute approximate surface area is 103 Å². The molecule has 2 nitrogen and oxygen atoms in total. The van der Waals surface area contributed by atoms with Crippen LogP contribution >= 0.6 is 11.6 Å². The van der Waals surface area contributed by atoms with Gasteiger partial charge < -0.3 is 4.74 Å². The van der Waals surface area contributed by atoms with E-state index in [1.165, 1.54) is 6.07 Å². The van der Waals surface area contributed by atoms with Crippen LogP contribution in [0.4, 0.5) is 4.39 Å². The summed E-state index contributed by atoms with van der Waals surface area (Å²) >= 11 is 6.34. The topological polar surface area (TPSA) is 22.1 Å². The molecule has 0 N–H and O–H groups in total. The van der Waals surface area contributed by atoms with Crippen LogP contribution in [0.2, 0.25) is 5.02 Å². The van der Waals surface area contributed by atoms with Crippen molar-refractivity contribution in [1.82, 2.24) is 4.98 Å². The number of nitrogens with zero attached hydrogens (tertiary/aromatic N) is 1. The van der Waals surface area contributed by atoms with Crippen LogP contribution in [0.25, 0.3) is 10.9 Å². The minimum absolute atomic E-state index is 0.243. The molecular weight excluding hydrogens is 241 g/mol. The summed E-state index contributed by atoms with van der Waals surface area (Å²) in [6.07, 6.45) is 0.737. The summed E-state index contributed by atoms with van der Waals surface area (Å²) in [7, 11) is 0. The monoisotopic (exact) mass is 251 g/mol. The summed E-state index contributed by atoms with van der Waals surface area (Å²) in [4.78, 5) is 4.53. The minimum atomic E-state index is -0.243. The molecule has 0 bridgehead atoms. The van der Waals surface area contributed by atoms with Gasteiger partial charge in [0.05, 0.1) is 29.4 Å². The summed E-state index contributed by atoms with van der Waals surface area (Å²) in [5.74, 6) is -0.243. The van der Waals surface area contributed by atoms with E-state index in [-0.39, 0.29) is 5.82 Å². The molecule has 2 aromatic rings. The van der Waals surface area contributed by atoms with Crippen molar-refractivity contribution in [2.24, 2.45) is 0 Å². The zero-order valence-electron chi connectivity index (χ0n) is 9.39. The number of pyridine rings is 1. The molecule has 0 aliphatic carbocycles. The highest BCUT2D eigenvalue weighted by Gasteiger charge is 2.18. The Morgan fingerprint density at radius 2 is 2.24 bits per heavy atom. The van der Waals surface area contributed by atoms with Gasteiger partial charge in [0.25, 0.3) is 0 Å². The molecule has 0 saturated carbocycles. The van der Waals surface area contributed by atoms with Crippen LogP contribution < -0.4 is 0 Å². The lowest BCUT2D eigenvalue weighted by atomic mass is 10.0. The minimum Gasteiger partial charge on any atom is -0.376 e. The molecular formula is C13H11ClFNO. The van der Waals surface area contributed by atoms with E-state index in [1.807, 2.05) is 0 Å². The highest BCUT2D eigenvalue weighted by Crippen LogP contribution is 2.32. The van der Waals surface area contributed by atoms with Crippen molar-refractivity contribution in [1.29, 1.82) is 0 Å². The van der Waals surface area contributed by atoms with Gasteiger partial charge in [0, 0.05) is 22.9 Å². The largest absolute Gasteiger partial charge is 0.376 e. The summed E-state index contributed by atoms with van der Waals surface area (Å²) in [5, 5.41) is 1.45. The maximum Gasteiger partial charge on any atom is 0.128 e. The molecule has 0 radical (unpaired) electrons. The van der Waals surface area contributed by atoms with Crippen LogP contribution in [-0.2, 0) is 17.8 Å². The Morgan fingerprint density at radius 1 is 1.41 bits per heavy atom. The number of rotatable bonds is 0. The SMILES string of the molecule is Cc1c(F)ccc2c(Cl)c3c(nc12)CCOC3. The molecule has 3 rings (SSSR count). The van der Waals surface area contributed by atoms with E-state index >= 15 is 0 Å². The van der Waals surface area contributed by atoms with Gasteiger partial charge in [0.15, 0.2) is 0 Å². The molecule has 0 saturated heterocycles.